The highest BCUT2D eigenvalue weighted by molar-refractivity contribution is 7.92. The van der Waals surface area contributed by atoms with Gasteiger partial charge in [0.25, 0.3) is 0 Å². The Bertz CT molecular complexity index is 1180. The number of hydrogen-bond donors (Lipinski definition) is 1. The lowest BCUT2D eigenvalue weighted by atomic mass is 10.2. The second-order valence-corrected chi connectivity index (χ2v) is 10.8. The first-order valence-electron chi connectivity index (χ1n) is 8.66. The summed E-state index contributed by atoms with van der Waals surface area (Å²) in [6.07, 6.45) is 2.95. The largest absolute Gasteiger partial charge is 0.264 e. The van der Waals surface area contributed by atoms with Crippen LogP contribution in [-0.4, -0.2) is 28.4 Å². The maximum Gasteiger partial charge on any atom is 0.240 e. The van der Waals surface area contributed by atoms with Gasteiger partial charge < -0.3 is 0 Å². The van der Waals surface area contributed by atoms with Crippen LogP contribution in [0.3, 0.4) is 0 Å². The average molecular weight is 451 g/mol. The van der Waals surface area contributed by atoms with Crippen molar-refractivity contribution in [3.63, 3.8) is 0 Å². The maximum absolute atomic E-state index is 13.3. The van der Waals surface area contributed by atoms with E-state index in [9.17, 15) is 16.8 Å². The van der Waals surface area contributed by atoms with Crippen LogP contribution in [0.15, 0.2) is 82.8 Å². The Balaban J connectivity index is 1.95. The lowest BCUT2D eigenvalue weighted by Gasteiger charge is -2.19. The summed E-state index contributed by atoms with van der Waals surface area (Å²) in [6.45, 7) is 1.52. The molecule has 0 aliphatic rings. The summed E-state index contributed by atoms with van der Waals surface area (Å²) in [4.78, 5) is 4.10. The Labute approximate surface area is 175 Å². The van der Waals surface area contributed by atoms with E-state index in [-0.39, 0.29) is 16.3 Å². The number of rotatable bonds is 7. The fourth-order valence-electron chi connectivity index (χ4n) is 2.75. The molecule has 0 spiro atoms. The normalized spacial score (nSPS) is 13.2. The van der Waals surface area contributed by atoms with Gasteiger partial charge in [0.05, 0.1) is 9.79 Å². The van der Waals surface area contributed by atoms with Crippen LogP contribution < -0.4 is 4.72 Å². The predicted molar refractivity (Wildman–Crippen MR) is 112 cm³/mol. The van der Waals surface area contributed by atoms with Crippen LogP contribution >= 0.6 is 11.6 Å². The Morgan fingerprint density at radius 2 is 1.55 bits per heavy atom. The third-order valence-electron chi connectivity index (χ3n) is 4.36. The zero-order valence-electron chi connectivity index (χ0n) is 15.5. The topological polar surface area (TPSA) is 93.2 Å². The number of benzene rings is 2. The van der Waals surface area contributed by atoms with Gasteiger partial charge in [0, 0.05) is 24.0 Å². The number of pyridine rings is 1. The molecule has 0 saturated carbocycles. The summed E-state index contributed by atoms with van der Waals surface area (Å²) < 4.78 is 54.2. The van der Waals surface area contributed by atoms with Gasteiger partial charge in [0.15, 0.2) is 9.84 Å². The number of aryl methyl sites for hydroxylation is 1. The fourth-order valence-corrected chi connectivity index (χ4v) is 5.67. The van der Waals surface area contributed by atoms with Gasteiger partial charge in [0.2, 0.25) is 10.0 Å². The molecule has 0 aliphatic carbocycles. The van der Waals surface area contributed by atoms with Crippen molar-refractivity contribution in [2.75, 3.05) is 6.54 Å². The van der Waals surface area contributed by atoms with Crippen molar-refractivity contribution >= 4 is 31.5 Å². The highest BCUT2D eigenvalue weighted by Crippen LogP contribution is 2.29. The van der Waals surface area contributed by atoms with Crippen molar-refractivity contribution in [3.8, 4) is 0 Å². The van der Waals surface area contributed by atoms with Crippen molar-refractivity contribution in [2.24, 2.45) is 0 Å². The molecule has 0 aliphatic heterocycles. The van der Waals surface area contributed by atoms with Crippen LogP contribution in [0.4, 0.5) is 0 Å². The summed E-state index contributed by atoms with van der Waals surface area (Å²) in [5.74, 6) is 0. The Kier molecular flexibility index (Phi) is 6.38. The van der Waals surface area contributed by atoms with Crippen LogP contribution in [0.2, 0.25) is 5.02 Å². The first-order valence-corrected chi connectivity index (χ1v) is 12.1. The van der Waals surface area contributed by atoms with Crippen molar-refractivity contribution in [1.82, 2.24) is 9.71 Å². The van der Waals surface area contributed by atoms with E-state index in [1.807, 2.05) is 6.92 Å². The van der Waals surface area contributed by atoms with Crippen LogP contribution in [0.5, 0.6) is 0 Å². The predicted octanol–water partition coefficient (Wildman–Crippen LogP) is 3.54. The summed E-state index contributed by atoms with van der Waals surface area (Å²) >= 11 is 5.81. The summed E-state index contributed by atoms with van der Waals surface area (Å²) in [5.41, 5.74) is 1.32. The lowest BCUT2D eigenvalue weighted by Crippen LogP contribution is -2.32. The van der Waals surface area contributed by atoms with E-state index in [4.69, 9.17) is 11.6 Å². The molecule has 0 radical (unpaired) electrons. The second kappa shape index (κ2) is 8.62. The molecule has 152 valence electrons. The number of aromatic nitrogens is 1. The molecule has 0 fully saturated rings. The Morgan fingerprint density at radius 3 is 2.14 bits per heavy atom. The van der Waals surface area contributed by atoms with Crippen LogP contribution in [0.25, 0.3) is 0 Å². The Morgan fingerprint density at radius 1 is 0.931 bits per heavy atom. The minimum atomic E-state index is -3.92. The number of sulfonamides is 1. The molecule has 3 aromatic rings. The third kappa shape index (κ3) is 5.02. The zero-order chi connectivity index (χ0) is 21.1. The van der Waals surface area contributed by atoms with Gasteiger partial charge in [-0.2, -0.15) is 0 Å². The standard InChI is InChI=1S/C20H19ClN2O4S2/c1-15-4-8-18(9-5-15)28(24,25)20(16-3-2-12-22-13-16)14-23-29(26,27)19-10-6-17(21)7-11-19/h2-13,20,23H,14H2,1H3. The van der Waals surface area contributed by atoms with E-state index in [2.05, 4.69) is 9.71 Å². The van der Waals surface area contributed by atoms with Gasteiger partial charge in [-0.25, -0.2) is 21.6 Å². The summed E-state index contributed by atoms with van der Waals surface area (Å²) in [5, 5.41) is -0.736. The molecule has 1 heterocycles. The quantitative estimate of drug-likeness (QED) is 0.594. The number of sulfone groups is 1. The number of halogens is 1. The van der Waals surface area contributed by atoms with E-state index in [0.717, 1.165) is 5.56 Å². The fraction of sp³-hybridized carbons (Fsp3) is 0.150. The SMILES string of the molecule is Cc1ccc(S(=O)(=O)C(CNS(=O)(=O)c2ccc(Cl)cc2)c2cccnc2)cc1. The van der Waals surface area contributed by atoms with Gasteiger partial charge in [-0.3, -0.25) is 4.98 Å². The number of nitrogens with one attached hydrogen (secondary N) is 1. The second-order valence-electron chi connectivity index (χ2n) is 6.44. The minimum absolute atomic E-state index is 0.000398. The highest BCUT2D eigenvalue weighted by Gasteiger charge is 2.31. The smallest absolute Gasteiger partial charge is 0.240 e. The summed E-state index contributed by atoms with van der Waals surface area (Å²) in [7, 11) is -7.79. The molecule has 1 atom stereocenters. The van der Waals surface area contributed by atoms with Gasteiger partial charge in [-0.05, 0) is 55.0 Å². The monoisotopic (exact) mass is 450 g/mol. The van der Waals surface area contributed by atoms with E-state index in [1.165, 1.54) is 48.8 Å². The molecule has 6 nitrogen and oxygen atoms in total. The first kappa shape index (κ1) is 21.4. The molecule has 1 unspecified atom stereocenters. The molecule has 0 bridgehead atoms. The number of hydrogen-bond acceptors (Lipinski definition) is 5. The van der Waals surface area contributed by atoms with E-state index < -0.39 is 25.1 Å². The Hall–Kier alpha value is -2.26. The minimum Gasteiger partial charge on any atom is -0.264 e. The molecular weight excluding hydrogens is 432 g/mol. The highest BCUT2D eigenvalue weighted by atomic mass is 35.5. The van der Waals surface area contributed by atoms with E-state index >= 15 is 0 Å². The third-order valence-corrected chi connectivity index (χ3v) is 8.17. The molecule has 2 aromatic carbocycles. The molecule has 0 amide bonds. The molecule has 9 heteroatoms. The average Bonchev–Trinajstić information content (AvgIpc) is 2.69. The van der Waals surface area contributed by atoms with Crippen LogP contribution in [-0.2, 0) is 19.9 Å². The molecular formula is C20H19ClN2O4S2. The number of nitrogens with zero attached hydrogens (tertiary/aromatic N) is 1. The van der Waals surface area contributed by atoms with Crippen molar-refractivity contribution < 1.29 is 16.8 Å². The molecule has 1 N–H and O–H groups in total. The van der Waals surface area contributed by atoms with Gasteiger partial charge in [-0.15, -0.1) is 0 Å². The maximum atomic E-state index is 13.3. The molecule has 0 saturated heterocycles. The van der Waals surface area contributed by atoms with Gasteiger partial charge >= 0.3 is 0 Å². The molecule has 29 heavy (non-hydrogen) atoms. The van der Waals surface area contributed by atoms with Gasteiger partial charge in [-0.1, -0.05) is 35.4 Å². The van der Waals surface area contributed by atoms with Crippen LogP contribution in [0.1, 0.15) is 16.4 Å². The van der Waals surface area contributed by atoms with Gasteiger partial charge in [0.1, 0.15) is 5.25 Å². The van der Waals surface area contributed by atoms with Crippen molar-refractivity contribution in [3.05, 3.63) is 89.2 Å². The zero-order valence-corrected chi connectivity index (χ0v) is 17.9. The first-order chi connectivity index (χ1) is 13.7. The van der Waals surface area contributed by atoms with Crippen LogP contribution in [0, 0.1) is 6.92 Å². The molecule has 3 rings (SSSR count). The van der Waals surface area contributed by atoms with E-state index in [0.29, 0.717) is 10.6 Å². The van der Waals surface area contributed by atoms with Crippen molar-refractivity contribution in [1.29, 1.82) is 0 Å². The van der Waals surface area contributed by atoms with E-state index in [1.54, 1.807) is 24.3 Å². The summed E-state index contributed by atoms with van der Waals surface area (Å²) in [6, 6.07) is 15.3. The van der Waals surface area contributed by atoms with Crippen molar-refractivity contribution in [2.45, 2.75) is 22.0 Å². The lowest BCUT2D eigenvalue weighted by molar-refractivity contribution is 0.568. The molecule has 1 aromatic heterocycles.